The SMILES string of the molecule is CCCOc1c(Cl)cc(/C=C/C(=O)N2CCOC(C(=O)O)C2)cc1OC. The molecule has 8 heteroatoms. The Morgan fingerprint density at radius 1 is 1.46 bits per heavy atom. The number of hydrogen-bond acceptors (Lipinski definition) is 5. The Bertz CT molecular complexity index is 691. The highest BCUT2D eigenvalue weighted by Gasteiger charge is 2.28. The van der Waals surface area contributed by atoms with Gasteiger partial charge in [0.25, 0.3) is 0 Å². The molecule has 26 heavy (non-hydrogen) atoms. The van der Waals surface area contributed by atoms with Crippen molar-refractivity contribution in [1.82, 2.24) is 4.90 Å². The van der Waals surface area contributed by atoms with Gasteiger partial charge in [-0.2, -0.15) is 0 Å². The van der Waals surface area contributed by atoms with E-state index in [0.717, 1.165) is 6.42 Å². The molecule has 1 heterocycles. The molecule has 2 rings (SSSR count). The highest BCUT2D eigenvalue weighted by Crippen LogP contribution is 2.36. The maximum absolute atomic E-state index is 12.3. The van der Waals surface area contributed by atoms with Crippen molar-refractivity contribution >= 4 is 29.6 Å². The number of methoxy groups -OCH3 is 1. The molecule has 0 aliphatic carbocycles. The smallest absolute Gasteiger partial charge is 0.334 e. The Kier molecular flexibility index (Phi) is 7.29. The van der Waals surface area contributed by atoms with Crippen LogP contribution in [0.2, 0.25) is 5.02 Å². The molecule has 1 aliphatic heterocycles. The minimum atomic E-state index is -1.08. The van der Waals surface area contributed by atoms with Gasteiger partial charge >= 0.3 is 5.97 Å². The fourth-order valence-corrected chi connectivity index (χ4v) is 2.73. The van der Waals surface area contributed by atoms with Crippen LogP contribution in [-0.2, 0) is 14.3 Å². The zero-order valence-electron chi connectivity index (χ0n) is 14.7. The number of carbonyl (C=O) groups excluding carboxylic acids is 1. The first kappa shape index (κ1) is 20.1. The number of halogens is 1. The summed E-state index contributed by atoms with van der Waals surface area (Å²) in [6.07, 6.45) is 2.82. The summed E-state index contributed by atoms with van der Waals surface area (Å²) in [5, 5.41) is 9.39. The lowest BCUT2D eigenvalue weighted by Gasteiger charge is -2.30. The molecule has 1 aromatic rings. The summed E-state index contributed by atoms with van der Waals surface area (Å²) in [6.45, 7) is 3.07. The van der Waals surface area contributed by atoms with Crippen molar-refractivity contribution in [2.45, 2.75) is 19.4 Å². The summed E-state index contributed by atoms with van der Waals surface area (Å²) in [6, 6.07) is 3.40. The van der Waals surface area contributed by atoms with Gasteiger partial charge in [-0.3, -0.25) is 4.79 Å². The number of hydrogen-bond donors (Lipinski definition) is 1. The van der Waals surface area contributed by atoms with Crippen LogP contribution in [0.5, 0.6) is 11.5 Å². The van der Waals surface area contributed by atoms with Crippen LogP contribution in [0.4, 0.5) is 0 Å². The monoisotopic (exact) mass is 383 g/mol. The molecule has 0 saturated carbocycles. The predicted molar refractivity (Wildman–Crippen MR) is 96.8 cm³/mol. The molecule has 1 atom stereocenters. The standard InChI is InChI=1S/C18H22ClNO6/c1-3-7-26-17-13(19)9-12(10-14(17)24-2)4-5-16(21)20-6-8-25-15(11-20)18(22)23/h4-5,9-10,15H,3,6-8,11H2,1-2H3,(H,22,23)/b5-4+. The van der Waals surface area contributed by atoms with Crippen molar-refractivity contribution in [3.63, 3.8) is 0 Å². The number of carbonyl (C=O) groups is 2. The van der Waals surface area contributed by atoms with Crippen LogP contribution in [-0.4, -0.2) is 61.4 Å². The second-order valence-electron chi connectivity index (χ2n) is 5.70. The summed E-state index contributed by atoms with van der Waals surface area (Å²) in [5.41, 5.74) is 0.673. The van der Waals surface area contributed by atoms with Gasteiger partial charge in [-0.25, -0.2) is 4.79 Å². The van der Waals surface area contributed by atoms with E-state index in [2.05, 4.69) is 0 Å². The number of amides is 1. The zero-order valence-corrected chi connectivity index (χ0v) is 15.5. The van der Waals surface area contributed by atoms with Gasteiger partial charge in [-0.05, 0) is 30.2 Å². The lowest BCUT2D eigenvalue weighted by Crippen LogP contribution is -2.48. The largest absolute Gasteiger partial charge is 0.493 e. The van der Waals surface area contributed by atoms with E-state index in [0.29, 0.717) is 35.2 Å². The van der Waals surface area contributed by atoms with Crippen LogP contribution in [0.15, 0.2) is 18.2 Å². The molecule has 1 aliphatic rings. The van der Waals surface area contributed by atoms with E-state index in [4.69, 9.17) is 30.9 Å². The molecule has 1 aromatic carbocycles. The highest BCUT2D eigenvalue weighted by molar-refractivity contribution is 6.32. The van der Waals surface area contributed by atoms with E-state index < -0.39 is 12.1 Å². The van der Waals surface area contributed by atoms with Crippen molar-refractivity contribution in [1.29, 1.82) is 0 Å². The third kappa shape index (κ3) is 5.12. The molecule has 0 spiro atoms. The maximum Gasteiger partial charge on any atom is 0.334 e. The minimum absolute atomic E-state index is 0.0202. The van der Waals surface area contributed by atoms with Crippen molar-refractivity contribution in [2.24, 2.45) is 0 Å². The Balaban J connectivity index is 2.10. The van der Waals surface area contributed by atoms with Crippen molar-refractivity contribution in [3.05, 3.63) is 28.8 Å². The lowest BCUT2D eigenvalue weighted by molar-refractivity contribution is -0.158. The van der Waals surface area contributed by atoms with Gasteiger partial charge in [0.2, 0.25) is 5.91 Å². The summed E-state index contributed by atoms with van der Waals surface area (Å²) in [4.78, 5) is 24.7. The Morgan fingerprint density at radius 3 is 2.88 bits per heavy atom. The van der Waals surface area contributed by atoms with Gasteiger partial charge in [-0.1, -0.05) is 18.5 Å². The topological polar surface area (TPSA) is 85.3 Å². The molecule has 1 unspecified atom stereocenters. The van der Waals surface area contributed by atoms with E-state index in [1.165, 1.54) is 18.1 Å². The number of rotatable bonds is 7. The van der Waals surface area contributed by atoms with Crippen molar-refractivity contribution in [3.8, 4) is 11.5 Å². The number of ether oxygens (including phenoxy) is 3. The number of nitrogens with zero attached hydrogens (tertiary/aromatic N) is 1. The Labute approximate surface area is 157 Å². The first-order valence-electron chi connectivity index (χ1n) is 8.28. The van der Waals surface area contributed by atoms with Gasteiger partial charge in [0, 0.05) is 12.6 Å². The second kappa shape index (κ2) is 9.45. The molecular formula is C18H22ClNO6. The first-order chi connectivity index (χ1) is 12.5. The maximum atomic E-state index is 12.3. The third-order valence-corrected chi connectivity index (χ3v) is 4.05. The van der Waals surface area contributed by atoms with Crippen LogP contribution < -0.4 is 9.47 Å². The average Bonchev–Trinajstić information content (AvgIpc) is 2.64. The van der Waals surface area contributed by atoms with Gasteiger partial charge in [0.15, 0.2) is 17.6 Å². The molecule has 1 saturated heterocycles. The number of benzene rings is 1. The summed E-state index contributed by atoms with van der Waals surface area (Å²) < 4.78 is 16.0. The molecule has 0 aromatic heterocycles. The van der Waals surface area contributed by atoms with E-state index in [9.17, 15) is 9.59 Å². The fraction of sp³-hybridized carbons (Fsp3) is 0.444. The predicted octanol–water partition coefficient (Wildman–Crippen LogP) is 2.46. The van der Waals surface area contributed by atoms with Crippen LogP contribution in [0.25, 0.3) is 6.08 Å². The van der Waals surface area contributed by atoms with E-state index in [1.807, 2.05) is 6.92 Å². The first-order valence-corrected chi connectivity index (χ1v) is 8.65. The van der Waals surface area contributed by atoms with Gasteiger partial charge in [0.1, 0.15) is 0 Å². The lowest BCUT2D eigenvalue weighted by atomic mass is 10.1. The molecule has 7 nitrogen and oxygen atoms in total. The van der Waals surface area contributed by atoms with Crippen LogP contribution in [0.3, 0.4) is 0 Å². The molecule has 1 fully saturated rings. The molecule has 1 amide bonds. The summed E-state index contributed by atoms with van der Waals surface area (Å²) >= 11 is 6.25. The van der Waals surface area contributed by atoms with Gasteiger partial charge in [-0.15, -0.1) is 0 Å². The Hall–Kier alpha value is -2.25. The number of carboxylic acids is 1. The van der Waals surface area contributed by atoms with E-state index >= 15 is 0 Å². The molecular weight excluding hydrogens is 362 g/mol. The van der Waals surface area contributed by atoms with Crippen LogP contribution in [0, 0.1) is 0 Å². The Morgan fingerprint density at radius 2 is 2.23 bits per heavy atom. The van der Waals surface area contributed by atoms with Crippen LogP contribution >= 0.6 is 11.6 Å². The molecule has 0 bridgehead atoms. The number of morpholine rings is 1. The van der Waals surface area contributed by atoms with E-state index in [1.54, 1.807) is 18.2 Å². The third-order valence-electron chi connectivity index (χ3n) is 3.77. The molecule has 1 N–H and O–H groups in total. The second-order valence-corrected chi connectivity index (χ2v) is 6.11. The summed E-state index contributed by atoms with van der Waals surface area (Å²) in [7, 11) is 1.52. The molecule has 142 valence electrons. The van der Waals surface area contributed by atoms with Gasteiger partial charge in [0.05, 0.1) is 31.9 Å². The van der Waals surface area contributed by atoms with Crippen molar-refractivity contribution in [2.75, 3.05) is 33.4 Å². The number of carboxylic acid groups (broad SMARTS) is 1. The zero-order chi connectivity index (χ0) is 19.1. The quantitative estimate of drug-likeness (QED) is 0.728. The number of aliphatic carboxylic acids is 1. The highest BCUT2D eigenvalue weighted by atomic mass is 35.5. The summed E-state index contributed by atoms with van der Waals surface area (Å²) in [5.74, 6) is -0.418. The minimum Gasteiger partial charge on any atom is -0.493 e. The van der Waals surface area contributed by atoms with E-state index in [-0.39, 0.29) is 19.1 Å². The average molecular weight is 384 g/mol. The van der Waals surface area contributed by atoms with Crippen LogP contribution in [0.1, 0.15) is 18.9 Å². The fourth-order valence-electron chi connectivity index (χ4n) is 2.45. The van der Waals surface area contributed by atoms with Gasteiger partial charge < -0.3 is 24.2 Å². The molecule has 0 radical (unpaired) electrons. The normalized spacial score (nSPS) is 17.3. The van der Waals surface area contributed by atoms with Crippen molar-refractivity contribution < 1.29 is 28.9 Å².